The van der Waals surface area contributed by atoms with E-state index in [9.17, 15) is 4.79 Å². The highest BCUT2D eigenvalue weighted by Crippen LogP contribution is 2.69. The molecule has 1 unspecified atom stereocenters. The summed E-state index contributed by atoms with van der Waals surface area (Å²) in [6.45, 7) is 4.15. The van der Waals surface area contributed by atoms with Crippen molar-refractivity contribution in [3.05, 3.63) is 29.3 Å². The van der Waals surface area contributed by atoms with Crippen LogP contribution in [-0.2, 0) is 4.79 Å². The zero-order valence-corrected chi connectivity index (χ0v) is 11.6. The molecular weight excluding hydrogens is 234 g/mol. The van der Waals surface area contributed by atoms with Crippen LogP contribution in [0.4, 0.5) is 5.69 Å². The second-order valence-electron chi connectivity index (χ2n) is 6.82. The summed E-state index contributed by atoms with van der Waals surface area (Å²) in [6, 6.07) is 6.24. The van der Waals surface area contributed by atoms with Crippen molar-refractivity contribution < 1.29 is 4.79 Å². The molecule has 0 heterocycles. The smallest absolute Gasteiger partial charge is 0.228 e. The van der Waals surface area contributed by atoms with Crippen molar-refractivity contribution in [2.24, 2.45) is 29.6 Å². The van der Waals surface area contributed by atoms with Gasteiger partial charge < -0.3 is 5.32 Å². The van der Waals surface area contributed by atoms with Gasteiger partial charge in [-0.3, -0.25) is 4.79 Å². The molecule has 0 radical (unpaired) electrons. The summed E-state index contributed by atoms with van der Waals surface area (Å²) in [4.78, 5) is 12.4. The summed E-state index contributed by atoms with van der Waals surface area (Å²) in [5.41, 5.74) is 3.41. The average Bonchev–Trinajstić information content (AvgIpc) is 2.82. The van der Waals surface area contributed by atoms with Crippen molar-refractivity contribution in [3.8, 4) is 0 Å². The third kappa shape index (κ3) is 1.65. The fourth-order valence-corrected chi connectivity index (χ4v) is 4.85. The van der Waals surface area contributed by atoms with Crippen LogP contribution in [0.25, 0.3) is 0 Å². The quantitative estimate of drug-likeness (QED) is 0.860. The molecule has 2 nitrogen and oxygen atoms in total. The molecule has 1 aromatic rings. The Balaban J connectivity index is 1.48. The fraction of sp³-hybridized carbons (Fsp3) is 0.588. The van der Waals surface area contributed by atoms with Crippen LogP contribution in [0.1, 0.15) is 30.4 Å². The molecule has 0 aromatic heterocycles. The van der Waals surface area contributed by atoms with Gasteiger partial charge in [-0.25, -0.2) is 0 Å². The molecule has 1 amide bonds. The Kier molecular flexibility index (Phi) is 2.33. The fourth-order valence-electron chi connectivity index (χ4n) is 4.85. The molecule has 3 aliphatic rings. The van der Waals surface area contributed by atoms with E-state index < -0.39 is 0 Å². The summed E-state index contributed by atoms with van der Waals surface area (Å²) in [5, 5.41) is 3.16. The lowest BCUT2D eigenvalue weighted by atomic mass is 10.0. The third-order valence-electron chi connectivity index (χ3n) is 5.68. The monoisotopic (exact) mass is 255 g/mol. The van der Waals surface area contributed by atoms with E-state index in [1.165, 1.54) is 30.4 Å². The lowest BCUT2D eigenvalue weighted by Crippen LogP contribution is -2.19. The van der Waals surface area contributed by atoms with E-state index in [-0.39, 0.29) is 5.91 Å². The maximum atomic E-state index is 12.4. The number of anilines is 1. The number of nitrogens with one attached hydrogen (secondary N) is 1. The lowest BCUT2D eigenvalue weighted by Gasteiger charge is -2.12. The zero-order valence-electron chi connectivity index (χ0n) is 11.6. The Morgan fingerprint density at radius 3 is 2.47 bits per heavy atom. The summed E-state index contributed by atoms with van der Waals surface area (Å²) in [6.07, 6.45) is 4.15. The second kappa shape index (κ2) is 3.84. The first-order chi connectivity index (χ1) is 9.15. The molecule has 3 aliphatic carbocycles. The Morgan fingerprint density at radius 1 is 1.16 bits per heavy atom. The van der Waals surface area contributed by atoms with Gasteiger partial charge in [0.15, 0.2) is 0 Å². The number of hydrogen-bond acceptors (Lipinski definition) is 1. The topological polar surface area (TPSA) is 29.1 Å². The predicted molar refractivity (Wildman–Crippen MR) is 75.8 cm³/mol. The van der Waals surface area contributed by atoms with E-state index >= 15 is 0 Å². The highest BCUT2D eigenvalue weighted by Gasteiger charge is 2.67. The number of benzene rings is 1. The normalized spacial score (nSPS) is 38.1. The minimum Gasteiger partial charge on any atom is -0.326 e. The van der Waals surface area contributed by atoms with Gasteiger partial charge >= 0.3 is 0 Å². The van der Waals surface area contributed by atoms with E-state index in [0.717, 1.165) is 29.4 Å². The number of rotatable bonds is 2. The summed E-state index contributed by atoms with van der Waals surface area (Å²) in [5.74, 6) is 3.79. The largest absolute Gasteiger partial charge is 0.326 e. The van der Waals surface area contributed by atoms with Gasteiger partial charge in [-0.05, 0) is 68.4 Å². The van der Waals surface area contributed by atoms with Crippen molar-refractivity contribution in [1.82, 2.24) is 0 Å². The van der Waals surface area contributed by atoms with E-state index in [1.54, 1.807) is 0 Å². The van der Waals surface area contributed by atoms with Crippen LogP contribution >= 0.6 is 0 Å². The number of hydrogen-bond donors (Lipinski definition) is 1. The van der Waals surface area contributed by atoms with Crippen molar-refractivity contribution in [2.45, 2.75) is 33.1 Å². The number of amides is 1. The molecule has 2 bridgehead atoms. The molecule has 1 N–H and O–H groups in total. The minimum absolute atomic E-state index is 0.276. The van der Waals surface area contributed by atoms with E-state index in [0.29, 0.717) is 5.92 Å². The molecule has 3 saturated carbocycles. The molecule has 3 fully saturated rings. The minimum atomic E-state index is 0.276. The molecular formula is C17H21NO. The van der Waals surface area contributed by atoms with Crippen molar-refractivity contribution >= 4 is 11.6 Å². The van der Waals surface area contributed by atoms with Crippen LogP contribution in [-0.4, -0.2) is 5.91 Å². The highest BCUT2D eigenvalue weighted by atomic mass is 16.2. The first-order valence-electron chi connectivity index (χ1n) is 7.53. The molecule has 4 rings (SSSR count). The maximum Gasteiger partial charge on any atom is 0.228 e. The molecule has 100 valence electrons. The van der Waals surface area contributed by atoms with Crippen molar-refractivity contribution in [2.75, 3.05) is 5.32 Å². The van der Waals surface area contributed by atoms with Gasteiger partial charge in [0.1, 0.15) is 0 Å². The Labute approximate surface area is 114 Å². The van der Waals surface area contributed by atoms with Crippen molar-refractivity contribution in [1.29, 1.82) is 0 Å². The summed E-state index contributed by atoms with van der Waals surface area (Å²) in [7, 11) is 0. The summed E-state index contributed by atoms with van der Waals surface area (Å²) < 4.78 is 0. The first kappa shape index (κ1) is 11.5. The highest BCUT2D eigenvalue weighted by molar-refractivity contribution is 5.95. The first-order valence-corrected chi connectivity index (χ1v) is 7.53. The van der Waals surface area contributed by atoms with Crippen molar-refractivity contribution in [3.63, 3.8) is 0 Å². The van der Waals surface area contributed by atoms with Gasteiger partial charge in [-0.1, -0.05) is 17.7 Å². The molecule has 2 heteroatoms. The molecule has 19 heavy (non-hydrogen) atoms. The van der Waals surface area contributed by atoms with Crippen LogP contribution < -0.4 is 5.32 Å². The zero-order chi connectivity index (χ0) is 13.1. The van der Waals surface area contributed by atoms with Crippen LogP contribution in [0.2, 0.25) is 0 Å². The lowest BCUT2D eigenvalue weighted by molar-refractivity contribution is -0.118. The van der Waals surface area contributed by atoms with Crippen LogP contribution in [0.15, 0.2) is 18.2 Å². The van der Waals surface area contributed by atoms with Crippen LogP contribution in [0.3, 0.4) is 0 Å². The summed E-state index contributed by atoms with van der Waals surface area (Å²) >= 11 is 0. The van der Waals surface area contributed by atoms with Crippen LogP contribution in [0, 0.1) is 43.4 Å². The second-order valence-corrected chi connectivity index (χ2v) is 6.82. The van der Waals surface area contributed by atoms with Gasteiger partial charge in [0, 0.05) is 11.6 Å². The molecule has 1 aromatic carbocycles. The maximum absolute atomic E-state index is 12.4. The van der Waals surface area contributed by atoms with E-state index in [1.807, 2.05) is 6.07 Å². The predicted octanol–water partition coefficient (Wildman–Crippen LogP) is 3.53. The van der Waals surface area contributed by atoms with Gasteiger partial charge in [0.2, 0.25) is 5.91 Å². The Hall–Kier alpha value is -1.31. The Morgan fingerprint density at radius 2 is 1.84 bits per heavy atom. The van der Waals surface area contributed by atoms with Gasteiger partial charge in [0.05, 0.1) is 0 Å². The number of aryl methyl sites for hydroxylation is 2. The van der Waals surface area contributed by atoms with Crippen LogP contribution in [0.5, 0.6) is 0 Å². The molecule has 0 saturated heterocycles. The molecule has 0 aliphatic heterocycles. The number of carbonyl (C=O) groups is 1. The van der Waals surface area contributed by atoms with Gasteiger partial charge in [-0.15, -0.1) is 0 Å². The standard InChI is InChI=1S/C17H21NO/c1-9-3-6-13(10(2)7-9)18-17(19)16-14-11-4-5-12(8-11)15(14)16/h3,6-7,11-12,14-16H,4-5,8H2,1-2H3,(H,18,19)/t11-,12-,14-,15+,16?/m0/s1. The Bertz CT molecular complexity index is 534. The molecule has 0 spiro atoms. The molecule has 5 atom stereocenters. The van der Waals surface area contributed by atoms with E-state index in [4.69, 9.17) is 0 Å². The average molecular weight is 255 g/mol. The SMILES string of the molecule is Cc1ccc(NC(=O)C2[C@@H]3[C@H]4CC[C@@H](C4)[C@H]23)c(C)c1. The van der Waals surface area contributed by atoms with E-state index in [2.05, 4.69) is 31.3 Å². The number of carbonyl (C=O) groups excluding carboxylic acids is 1. The van der Waals surface area contributed by atoms with Gasteiger partial charge in [-0.2, -0.15) is 0 Å². The number of fused-ring (bicyclic) bond motifs is 5. The van der Waals surface area contributed by atoms with Gasteiger partial charge in [0.25, 0.3) is 0 Å². The third-order valence-corrected chi connectivity index (χ3v) is 5.68.